The lowest BCUT2D eigenvalue weighted by atomic mass is 10.0. The zero-order valence-corrected chi connectivity index (χ0v) is 9.81. The van der Waals surface area contributed by atoms with E-state index < -0.39 is 21.2 Å². The quantitative estimate of drug-likeness (QED) is 0.814. The molecule has 0 unspecified atom stereocenters. The van der Waals surface area contributed by atoms with Crippen molar-refractivity contribution in [2.24, 2.45) is 5.73 Å². The van der Waals surface area contributed by atoms with Crippen molar-refractivity contribution < 1.29 is 12.8 Å². The maximum Gasteiger partial charge on any atom is 0.205 e. The number of nitrogens with two attached hydrogens (primary N) is 1. The van der Waals surface area contributed by atoms with Gasteiger partial charge in [-0.3, -0.25) is 0 Å². The van der Waals surface area contributed by atoms with Crippen LogP contribution in [0.15, 0.2) is 28.0 Å². The first-order chi connectivity index (χ1) is 7.24. The maximum atomic E-state index is 13.4. The Morgan fingerprint density at radius 1 is 1.31 bits per heavy atom. The average molecular weight is 241 g/mol. The summed E-state index contributed by atoms with van der Waals surface area (Å²) >= 11 is 0. The van der Waals surface area contributed by atoms with Crippen LogP contribution in [0.4, 0.5) is 4.39 Å². The van der Waals surface area contributed by atoms with Crippen molar-refractivity contribution in [3.8, 4) is 0 Å². The summed E-state index contributed by atoms with van der Waals surface area (Å²) in [7, 11) is -3.63. The Bertz CT molecular complexity index is 582. The summed E-state index contributed by atoms with van der Waals surface area (Å²) in [5.74, 6) is -0.541. The Morgan fingerprint density at radius 2 is 1.94 bits per heavy atom. The Labute approximate surface area is 93.7 Å². The van der Waals surface area contributed by atoms with Crippen LogP contribution >= 0.6 is 0 Å². The number of hydrogen-bond donors (Lipinski definition) is 1. The second kappa shape index (κ2) is 3.15. The molecule has 0 atom stereocenters. The highest BCUT2D eigenvalue weighted by Crippen LogP contribution is 2.38. The summed E-state index contributed by atoms with van der Waals surface area (Å²) in [5, 5.41) is 0. The molecule has 1 aliphatic rings. The number of halogens is 1. The number of fused-ring (bicyclic) bond motifs is 1. The lowest BCUT2D eigenvalue weighted by Crippen LogP contribution is -2.36. The molecule has 0 amide bonds. The van der Waals surface area contributed by atoms with Gasteiger partial charge in [0.1, 0.15) is 5.82 Å². The molecule has 86 valence electrons. The minimum Gasteiger partial charge on any atom is -0.321 e. The van der Waals surface area contributed by atoms with Gasteiger partial charge in [0.05, 0.1) is 9.80 Å². The third-order valence-corrected chi connectivity index (χ3v) is 4.66. The van der Waals surface area contributed by atoms with Crippen LogP contribution in [0.1, 0.15) is 19.4 Å². The largest absolute Gasteiger partial charge is 0.321 e. The fourth-order valence-electron chi connectivity index (χ4n) is 1.75. The molecule has 1 heterocycles. The molecule has 0 saturated heterocycles. The van der Waals surface area contributed by atoms with Gasteiger partial charge in [-0.2, -0.15) is 0 Å². The van der Waals surface area contributed by atoms with Gasteiger partial charge in [0.15, 0.2) is 0 Å². The first-order valence-corrected chi connectivity index (χ1v) is 6.27. The molecule has 16 heavy (non-hydrogen) atoms. The lowest BCUT2D eigenvalue weighted by Gasteiger charge is -2.19. The van der Waals surface area contributed by atoms with Gasteiger partial charge >= 0.3 is 0 Å². The highest BCUT2D eigenvalue weighted by Gasteiger charge is 2.38. The molecule has 0 radical (unpaired) electrons. The maximum absolute atomic E-state index is 13.4. The van der Waals surface area contributed by atoms with Crippen molar-refractivity contribution in [2.45, 2.75) is 24.3 Å². The van der Waals surface area contributed by atoms with E-state index in [2.05, 4.69) is 0 Å². The number of rotatable bonds is 1. The number of sulfone groups is 1. The standard InChI is InChI=1S/C11H12FNO2S/c1-11(2,13)10-6-7-8(12)4-3-5-9(7)16(10,14)15/h3-6H,13H2,1-2H3. The molecule has 2 rings (SSSR count). The number of benzene rings is 1. The minimum absolute atomic E-state index is 0.000949. The molecule has 1 aromatic rings. The van der Waals surface area contributed by atoms with Crippen LogP contribution in [-0.4, -0.2) is 14.0 Å². The van der Waals surface area contributed by atoms with Crippen LogP contribution in [-0.2, 0) is 9.84 Å². The van der Waals surface area contributed by atoms with E-state index in [4.69, 9.17) is 5.73 Å². The Hall–Kier alpha value is -1.20. The molecule has 2 N–H and O–H groups in total. The molecular formula is C11H12FNO2S. The first-order valence-electron chi connectivity index (χ1n) is 4.79. The van der Waals surface area contributed by atoms with Crippen LogP contribution in [0.2, 0.25) is 0 Å². The van der Waals surface area contributed by atoms with Gasteiger partial charge in [-0.05, 0) is 32.1 Å². The predicted molar refractivity (Wildman–Crippen MR) is 59.8 cm³/mol. The van der Waals surface area contributed by atoms with Gasteiger partial charge in [-0.1, -0.05) is 6.07 Å². The van der Waals surface area contributed by atoms with Crippen molar-refractivity contribution in [2.75, 3.05) is 0 Å². The zero-order valence-electron chi connectivity index (χ0n) is 8.99. The SMILES string of the molecule is CC(C)(N)C1=Cc2c(F)cccc2S1(=O)=O. The normalized spacial score (nSPS) is 18.1. The van der Waals surface area contributed by atoms with Gasteiger partial charge in [0, 0.05) is 11.1 Å². The fourth-order valence-corrected chi connectivity index (χ4v) is 3.66. The second-order valence-electron chi connectivity index (χ2n) is 4.39. The van der Waals surface area contributed by atoms with Crippen LogP contribution in [0.25, 0.3) is 6.08 Å². The van der Waals surface area contributed by atoms with Gasteiger partial charge in [0.2, 0.25) is 9.84 Å². The average Bonchev–Trinajstić information content (AvgIpc) is 2.39. The van der Waals surface area contributed by atoms with Gasteiger partial charge in [-0.15, -0.1) is 0 Å². The van der Waals surface area contributed by atoms with Crippen LogP contribution in [0.5, 0.6) is 0 Å². The van der Waals surface area contributed by atoms with Gasteiger partial charge in [-0.25, -0.2) is 12.8 Å². The second-order valence-corrected chi connectivity index (χ2v) is 6.27. The molecule has 1 aliphatic heterocycles. The highest BCUT2D eigenvalue weighted by molar-refractivity contribution is 7.96. The summed E-state index contributed by atoms with van der Waals surface area (Å²) in [6, 6.07) is 4.01. The van der Waals surface area contributed by atoms with Gasteiger partial charge in [0.25, 0.3) is 0 Å². The van der Waals surface area contributed by atoms with E-state index in [9.17, 15) is 12.8 Å². The van der Waals surface area contributed by atoms with Gasteiger partial charge < -0.3 is 5.73 Å². The summed E-state index contributed by atoms with van der Waals surface area (Å²) < 4.78 is 37.6. The van der Waals surface area contributed by atoms with Crippen LogP contribution in [0, 0.1) is 5.82 Å². The smallest absolute Gasteiger partial charge is 0.205 e. The predicted octanol–water partition coefficient (Wildman–Crippen LogP) is 1.69. The third-order valence-electron chi connectivity index (χ3n) is 2.50. The topological polar surface area (TPSA) is 60.2 Å². The molecule has 0 fully saturated rings. The Balaban J connectivity index is 2.76. The van der Waals surface area contributed by atoms with Crippen LogP contribution < -0.4 is 5.73 Å². The first kappa shape index (κ1) is 11.3. The van der Waals surface area contributed by atoms with Crippen molar-refractivity contribution in [3.05, 3.63) is 34.5 Å². The van der Waals surface area contributed by atoms with Crippen molar-refractivity contribution >= 4 is 15.9 Å². The van der Waals surface area contributed by atoms with E-state index >= 15 is 0 Å². The van der Waals surface area contributed by atoms with E-state index in [1.165, 1.54) is 24.3 Å². The highest BCUT2D eigenvalue weighted by atomic mass is 32.2. The molecule has 5 heteroatoms. The fraction of sp³-hybridized carbons (Fsp3) is 0.273. The molecule has 1 aromatic carbocycles. The molecule has 0 spiro atoms. The van der Waals surface area contributed by atoms with E-state index in [-0.39, 0.29) is 15.4 Å². The molecule has 0 saturated carbocycles. The summed E-state index contributed by atoms with van der Waals surface area (Å²) in [6.45, 7) is 3.17. The monoisotopic (exact) mass is 241 g/mol. The zero-order chi connectivity index (χ0) is 12.1. The minimum atomic E-state index is -3.63. The van der Waals surface area contributed by atoms with E-state index in [1.807, 2.05) is 0 Å². The van der Waals surface area contributed by atoms with Crippen molar-refractivity contribution in [1.82, 2.24) is 0 Å². The lowest BCUT2D eigenvalue weighted by molar-refractivity contribution is 0.580. The Kier molecular flexibility index (Phi) is 2.22. The number of hydrogen-bond acceptors (Lipinski definition) is 3. The summed E-state index contributed by atoms with van der Waals surface area (Å²) in [6.07, 6.45) is 1.32. The van der Waals surface area contributed by atoms with Crippen molar-refractivity contribution in [1.29, 1.82) is 0 Å². The Morgan fingerprint density at radius 3 is 2.44 bits per heavy atom. The third kappa shape index (κ3) is 1.47. The molecule has 0 aliphatic carbocycles. The van der Waals surface area contributed by atoms with E-state index in [1.54, 1.807) is 13.8 Å². The van der Waals surface area contributed by atoms with E-state index in [0.717, 1.165) is 0 Å². The summed E-state index contributed by atoms with van der Waals surface area (Å²) in [5.41, 5.74) is 4.87. The molecule has 0 aromatic heterocycles. The van der Waals surface area contributed by atoms with Crippen LogP contribution in [0.3, 0.4) is 0 Å². The summed E-state index contributed by atoms with van der Waals surface area (Å²) in [4.78, 5) is 0.0566. The van der Waals surface area contributed by atoms with E-state index in [0.29, 0.717) is 0 Å². The molecule has 0 bridgehead atoms. The van der Waals surface area contributed by atoms with Crippen molar-refractivity contribution in [3.63, 3.8) is 0 Å². The molecular weight excluding hydrogens is 229 g/mol. The molecule has 3 nitrogen and oxygen atoms in total.